The third kappa shape index (κ3) is 4.77. The Balaban J connectivity index is 1.94. The Morgan fingerprint density at radius 1 is 0.867 bits per heavy atom. The van der Waals surface area contributed by atoms with Crippen LogP contribution >= 0.6 is 0 Å². The molecule has 0 spiro atoms. The van der Waals surface area contributed by atoms with Crippen molar-refractivity contribution in [3.05, 3.63) is 54.6 Å². The van der Waals surface area contributed by atoms with Gasteiger partial charge in [-0.25, -0.2) is 4.68 Å². The van der Waals surface area contributed by atoms with E-state index in [0.29, 0.717) is 0 Å². The summed E-state index contributed by atoms with van der Waals surface area (Å²) in [7, 11) is -1.92. The smallest absolute Gasteiger partial charge is 0.185 e. The van der Waals surface area contributed by atoms with Crippen molar-refractivity contribution < 1.29 is 4.74 Å². The Bertz CT molecular complexity index is 909. The molecule has 0 aliphatic heterocycles. The lowest BCUT2D eigenvalue weighted by Crippen LogP contribution is -2.59. The van der Waals surface area contributed by atoms with E-state index in [0.717, 1.165) is 23.2 Å². The number of unbranched alkanes of at least 4 members (excludes halogenated alkanes) is 5. The van der Waals surface area contributed by atoms with Gasteiger partial charge in [0.1, 0.15) is 19.3 Å². The molecule has 1 atom stereocenters. The van der Waals surface area contributed by atoms with Crippen molar-refractivity contribution in [1.29, 1.82) is 0 Å². The quantitative estimate of drug-likeness (QED) is 0.229. The minimum atomic E-state index is -1.92. The van der Waals surface area contributed by atoms with Crippen LogP contribution in [-0.4, -0.2) is 23.1 Å². The molecule has 162 valence electrons. The van der Waals surface area contributed by atoms with Crippen molar-refractivity contribution in [3.63, 3.8) is 0 Å². The molecule has 2 aromatic carbocycles. The average Bonchev–Trinajstić information content (AvgIpc) is 3.19. The summed E-state index contributed by atoms with van der Waals surface area (Å²) >= 11 is 0. The largest absolute Gasteiger partial charge is 0.470 e. The Morgan fingerprint density at radius 2 is 1.53 bits per heavy atom. The number of hydrogen-bond donors (Lipinski definition) is 0. The molecule has 0 fully saturated rings. The number of benzene rings is 2. The van der Waals surface area contributed by atoms with Gasteiger partial charge in [0.05, 0.1) is 5.52 Å². The van der Waals surface area contributed by atoms with Gasteiger partial charge in [0.25, 0.3) is 0 Å². The standard InChI is InChI=1S/C25H37N3OSi/c1-5-7-8-9-10-16-21-30(3,4)25(6-2,29-22-17-12-11-13-18-22)28-24-20-15-14-19-23(24)26-27-28/h11-15,17-20H,5-10,16,21H2,1-4H3. The van der Waals surface area contributed by atoms with Crippen molar-refractivity contribution in [2.45, 2.75) is 83.3 Å². The summed E-state index contributed by atoms with van der Waals surface area (Å²) in [4.78, 5) is 0. The molecule has 30 heavy (non-hydrogen) atoms. The summed E-state index contributed by atoms with van der Waals surface area (Å²) in [5, 5.41) is 8.64. The Hall–Kier alpha value is -2.14. The molecule has 1 aromatic heterocycles. The first kappa shape index (κ1) is 22.5. The topological polar surface area (TPSA) is 39.9 Å². The summed E-state index contributed by atoms with van der Waals surface area (Å²) in [6, 6.07) is 19.7. The molecule has 0 saturated heterocycles. The maximum atomic E-state index is 6.89. The molecule has 3 aromatic rings. The van der Waals surface area contributed by atoms with Crippen LogP contribution in [0.2, 0.25) is 19.1 Å². The molecule has 0 N–H and O–H groups in total. The van der Waals surface area contributed by atoms with Crippen molar-refractivity contribution in [2.75, 3.05) is 0 Å². The van der Waals surface area contributed by atoms with Crippen LogP contribution in [-0.2, 0) is 5.35 Å². The highest BCUT2D eigenvalue weighted by Gasteiger charge is 2.50. The van der Waals surface area contributed by atoms with E-state index in [1.807, 2.05) is 30.3 Å². The van der Waals surface area contributed by atoms with E-state index < -0.39 is 13.4 Å². The summed E-state index contributed by atoms with van der Waals surface area (Å²) in [5.41, 5.74) is 1.98. The molecule has 0 saturated carbocycles. The van der Waals surface area contributed by atoms with E-state index in [1.54, 1.807) is 0 Å². The molecule has 3 rings (SSSR count). The summed E-state index contributed by atoms with van der Waals surface area (Å²) in [5.74, 6) is 0.905. The van der Waals surface area contributed by atoms with E-state index in [-0.39, 0.29) is 0 Å². The predicted octanol–water partition coefficient (Wildman–Crippen LogP) is 7.18. The number of hydrogen-bond acceptors (Lipinski definition) is 3. The van der Waals surface area contributed by atoms with Crippen molar-refractivity contribution in [1.82, 2.24) is 15.0 Å². The number of nitrogens with zero attached hydrogens (tertiary/aromatic N) is 3. The van der Waals surface area contributed by atoms with Crippen molar-refractivity contribution >= 4 is 19.1 Å². The third-order valence-electron chi connectivity index (χ3n) is 6.42. The van der Waals surface area contributed by atoms with E-state index >= 15 is 0 Å². The Morgan fingerprint density at radius 3 is 2.27 bits per heavy atom. The molecule has 1 heterocycles. The molecule has 0 radical (unpaired) electrons. The van der Waals surface area contributed by atoms with Crippen LogP contribution < -0.4 is 4.74 Å². The average molecular weight is 424 g/mol. The molecule has 0 aliphatic carbocycles. The third-order valence-corrected chi connectivity index (χ3v) is 10.8. The van der Waals surface area contributed by atoms with E-state index in [4.69, 9.17) is 4.74 Å². The van der Waals surface area contributed by atoms with Crippen LogP contribution in [0, 0.1) is 0 Å². The second-order valence-corrected chi connectivity index (χ2v) is 14.0. The summed E-state index contributed by atoms with van der Waals surface area (Å²) in [6.45, 7) is 9.42. The van der Waals surface area contributed by atoms with Crippen LogP contribution in [0.1, 0.15) is 58.8 Å². The lowest BCUT2D eigenvalue weighted by Gasteiger charge is -2.45. The lowest BCUT2D eigenvalue weighted by molar-refractivity contribution is 0.0516. The number of rotatable bonds is 12. The normalized spacial score (nSPS) is 14.0. The maximum Gasteiger partial charge on any atom is 0.185 e. The second kappa shape index (κ2) is 10.2. The maximum absolute atomic E-state index is 6.89. The number of fused-ring (bicyclic) bond motifs is 1. The van der Waals surface area contributed by atoms with Gasteiger partial charge in [0, 0.05) is 6.42 Å². The summed E-state index contributed by atoms with van der Waals surface area (Å²) < 4.78 is 8.98. The fraction of sp³-hybridized carbons (Fsp3) is 0.520. The van der Waals surface area contributed by atoms with Crippen LogP contribution in [0.25, 0.3) is 11.0 Å². The van der Waals surface area contributed by atoms with Gasteiger partial charge < -0.3 is 4.74 Å². The summed E-state index contributed by atoms with van der Waals surface area (Å²) in [6.07, 6.45) is 8.76. The molecular weight excluding hydrogens is 386 g/mol. The highest BCUT2D eigenvalue weighted by atomic mass is 28.3. The highest BCUT2D eigenvalue weighted by molar-refractivity contribution is 6.79. The zero-order valence-electron chi connectivity index (χ0n) is 19.1. The van der Waals surface area contributed by atoms with E-state index in [9.17, 15) is 0 Å². The van der Waals surface area contributed by atoms with Crippen LogP contribution in [0.15, 0.2) is 54.6 Å². The molecule has 1 unspecified atom stereocenters. The zero-order valence-corrected chi connectivity index (χ0v) is 20.1. The van der Waals surface area contributed by atoms with Crippen LogP contribution in [0.4, 0.5) is 0 Å². The van der Waals surface area contributed by atoms with Gasteiger partial charge in [-0.1, -0.05) is 107 Å². The van der Waals surface area contributed by atoms with Gasteiger partial charge in [-0.05, 0) is 24.3 Å². The first-order chi connectivity index (χ1) is 14.5. The van der Waals surface area contributed by atoms with Gasteiger partial charge in [-0.15, -0.1) is 5.10 Å². The monoisotopic (exact) mass is 423 g/mol. The van der Waals surface area contributed by atoms with Gasteiger partial charge in [0.15, 0.2) is 5.35 Å². The van der Waals surface area contributed by atoms with Gasteiger partial charge in [0.2, 0.25) is 0 Å². The van der Waals surface area contributed by atoms with Crippen LogP contribution in [0.3, 0.4) is 0 Å². The molecule has 0 bridgehead atoms. The first-order valence-electron chi connectivity index (χ1n) is 11.6. The second-order valence-electron chi connectivity index (χ2n) is 8.94. The van der Waals surface area contributed by atoms with Gasteiger partial charge in [-0.3, -0.25) is 0 Å². The minimum Gasteiger partial charge on any atom is -0.470 e. The van der Waals surface area contributed by atoms with Gasteiger partial charge in [-0.2, -0.15) is 0 Å². The fourth-order valence-corrected chi connectivity index (χ4v) is 8.14. The lowest BCUT2D eigenvalue weighted by atomic mass is 10.1. The zero-order chi connectivity index (χ0) is 21.5. The number of aromatic nitrogens is 3. The Labute approximate surface area is 182 Å². The minimum absolute atomic E-state index is 0.478. The SMILES string of the molecule is CCCCCCCC[Si](C)(C)C(CC)(Oc1ccccc1)n1nnc2ccccc21. The fourth-order valence-electron chi connectivity index (χ4n) is 4.53. The Kier molecular flexibility index (Phi) is 7.70. The molecular formula is C25H37N3OSi. The van der Waals surface area contributed by atoms with Gasteiger partial charge >= 0.3 is 0 Å². The molecule has 5 heteroatoms. The van der Waals surface area contributed by atoms with Crippen molar-refractivity contribution in [3.8, 4) is 5.75 Å². The van der Waals surface area contributed by atoms with Crippen LogP contribution in [0.5, 0.6) is 5.75 Å². The van der Waals surface area contributed by atoms with E-state index in [2.05, 4.69) is 66.2 Å². The number of ether oxygens (including phenoxy) is 1. The first-order valence-corrected chi connectivity index (χ1v) is 14.8. The molecule has 0 aliphatic rings. The number of para-hydroxylation sites is 2. The predicted molar refractivity (Wildman–Crippen MR) is 129 cm³/mol. The highest BCUT2D eigenvalue weighted by Crippen LogP contribution is 2.39. The molecule has 0 amide bonds. The van der Waals surface area contributed by atoms with E-state index in [1.165, 1.54) is 44.6 Å². The van der Waals surface area contributed by atoms with Crippen molar-refractivity contribution in [2.24, 2.45) is 0 Å². The molecule has 4 nitrogen and oxygen atoms in total.